The van der Waals surface area contributed by atoms with Gasteiger partial charge in [0.25, 0.3) is 0 Å². The minimum absolute atomic E-state index is 0.143. The van der Waals surface area contributed by atoms with Crippen LogP contribution in [0.5, 0.6) is 0 Å². The van der Waals surface area contributed by atoms with Gasteiger partial charge in [0.05, 0.1) is 26.4 Å². The summed E-state index contributed by atoms with van der Waals surface area (Å²) in [6.45, 7) is 7.21. The molecule has 4 heteroatoms. The molecule has 0 radical (unpaired) electrons. The first kappa shape index (κ1) is 13.8. The van der Waals surface area contributed by atoms with Crippen LogP contribution in [0.25, 0.3) is 0 Å². The predicted octanol–water partition coefficient (Wildman–Crippen LogP) is 1.14. The van der Waals surface area contributed by atoms with Crippen molar-refractivity contribution in [1.29, 1.82) is 0 Å². The fourth-order valence-electron chi connectivity index (χ4n) is 0.991. The van der Waals surface area contributed by atoms with Gasteiger partial charge in [-0.1, -0.05) is 13.3 Å². The molecule has 0 saturated carbocycles. The summed E-state index contributed by atoms with van der Waals surface area (Å²) in [4.78, 5) is 0. The molecular formula is C10H23NO3. The van der Waals surface area contributed by atoms with E-state index in [2.05, 4.69) is 6.92 Å². The third-order valence-electron chi connectivity index (χ3n) is 1.71. The van der Waals surface area contributed by atoms with Gasteiger partial charge in [0, 0.05) is 6.61 Å². The summed E-state index contributed by atoms with van der Waals surface area (Å²) in [6.07, 6.45) is 1.81. The monoisotopic (exact) mass is 205 g/mol. The van der Waals surface area contributed by atoms with Gasteiger partial charge in [0.1, 0.15) is 6.23 Å². The highest BCUT2D eigenvalue weighted by molar-refractivity contribution is 4.45. The van der Waals surface area contributed by atoms with Gasteiger partial charge < -0.3 is 19.9 Å². The summed E-state index contributed by atoms with van der Waals surface area (Å²) in [7, 11) is 0. The van der Waals surface area contributed by atoms with Crippen molar-refractivity contribution in [3.8, 4) is 0 Å². The molecule has 1 unspecified atom stereocenters. The van der Waals surface area contributed by atoms with E-state index in [-0.39, 0.29) is 6.23 Å². The van der Waals surface area contributed by atoms with Crippen LogP contribution in [0, 0.1) is 0 Å². The maximum atomic E-state index is 5.64. The molecule has 0 aromatic rings. The molecule has 0 rings (SSSR count). The average molecular weight is 205 g/mol. The summed E-state index contributed by atoms with van der Waals surface area (Å²) >= 11 is 0. The third kappa shape index (κ3) is 9.92. The fourth-order valence-corrected chi connectivity index (χ4v) is 0.991. The molecule has 1 atom stereocenters. The van der Waals surface area contributed by atoms with E-state index < -0.39 is 0 Å². The molecule has 14 heavy (non-hydrogen) atoms. The van der Waals surface area contributed by atoms with E-state index in [1.165, 1.54) is 0 Å². The van der Waals surface area contributed by atoms with Crippen LogP contribution in [-0.4, -0.2) is 39.3 Å². The Morgan fingerprint density at radius 2 is 1.64 bits per heavy atom. The summed E-state index contributed by atoms with van der Waals surface area (Å²) < 4.78 is 15.7. The van der Waals surface area contributed by atoms with Crippen LogP contribution >= 0.6 is 0 Å². The highest BCUT2D eigenvalue weighted by Crippen LogP contribution is 1.94. The number of ether oxygens (including phenoxy) is 3. The van der Waals surface area contributed by atoms with Crippen molar-refractivity contribution in [2.45, 2.75) is 32.9 Å². The normalized spacial score (nSPS) is 13.1. The second-order valence-corrected chi connectivity index (χ2v) is 3.01. The summed E-state index contributed by atoms with van der Waals surface area (Å²) in [5.74, 6) is 0. The second-order valence-electron chi connectivity index (χ2n) is 3.01. The van der Waals surface area contributed by atoms with Gasteiger partial charge in [-0.25, -0.2) is 0 Å². The standard InChI is InChI=1S/C10H23NO3/c1-3-5-10(11)14-9-8-13-7-6-12-4-2/h10H,3-9,11H2,1-2H3. The van der Waals surface area contributed by atoms with Crippen molar-refractivity contribution in [3.63, 3.8) is 0 Å². The van der Waals surface area contributed by atoms with E-state index >= 15 is 0 Å². The molecule has 0 aromatic heterocycles. The van der Waals surface area contributed by atoms with Crippen LogP contribution in [0.3, 0.4) is 0 Å². The van der Waals surface area contributed by atoms with E-state index in [4.69, 9.17) is 19.9 Å². The molecule has 0 aliphatic carbocycles. The Kier molecular flexibility index (Phi) is 10.8. The van der Waals surface area contributed by atoms with E-state index in [0.29, 0.717) is 26.4 Å². The second kappa shape index (κ2) is 10.9. The van der Waals surface area contributed by atoms with Gasteiger partial charge in [-0.15, -0.1) is 0 Å². The Labute approximate surface area is 86.7 Å². The van der Waals surface area contributed by atoms with E-state index in [1.807, 2.05) is 6.92 Å². The smallest absolute Gasteiger partial charge is 0.105 e. The molecular weight excluding hydrogens is 182 g/mol. The molecule has 0 aromatic carbocycles. The van der Waals surface area contributed by atoms with Gasteiger partial charge >= 0.3 is 0 Å². The number of nitrogens with two attached hydrogens (primary N) is 1. The number of hydrogen-bond acceptors (Lipinski definition) is 4. The summed E-state index contributed by atoms with van der Waals surface area (Å²) in [5, 5.41) is 0. The van der Waals surface area contributed by atoms with Crippen molar-refractivity contribution in [2.24, 2.45) is 5.73 Å². The Morgan fingerprint density at radius 1 is 1.00 bits per heavy atom. The molecule has 0 aliphatic heterocycles. The molecule has 0 spiro atoms. The quantitative estimate of drug-likeness (QED) is 0.429. The zero-order chi connectivity index (χ0) is 10.6. The van der Waals surface area contributed by atoms with Crippen molar-refractivity contribution in [2.75, 3.05) is 33.0 Å². The minimum atomic E-state index is -0.143. The zero-order valence-electron chi connectivity index (χ0n) is 9.33. The average Bonchev–Trinajstić information content (AvgIpc) is 2.17. The molecule has 0 bridgehead atoms. The topological polar surface area (TPSA) is 53.7 Å². The zero-order valence-corrected chi connectivity index (χ0v) is 9.33. The Hall–Kier alpha value is -0.160. The maximum absolute atomic E-state index is 5.64. The lowest BCUT2D eigenvalue weighted by Crippen LogP contribution is -2.25. The first-order valence-electron chi connectivity index (χ1n) is 5.33. The van der Waals surface area contributed by atoms with Crippen molar-refractivity contribution >= 4 is 0 Å². The molecule has 0 fully saturated rings. The summed E-state index contributed by atoms with van der Waals surface area (Å²) in [6, 6.07) is 0. The van der Waals surface area contributed by atoms with Crippen LogP contribution in [0.4, 0.5) is 0 Å². The first-order chi connectivity index (χ1) is 6.81. The highest BCUT2D eigenvalue weighted by atomic mass is 16.5. The molecule has 0 heterocycles. The molecule has 0 amide bonds. The molecule has 2 N–H and O–H groups in total. The minimum Gasteiger partial charge on any atom is -0.379 e. The van der Waals surface area contributed by atoms with Crippen LogP contribution in [0.15, 0.2) is 0 Å². The lowest BCUT2D eigenvalue weighted by Gasteiger charge is -2.11. The SMILES string of the molecule is CCCC(N)OCCOCCOCC. The van der Waals surface area contributed by atoms with Gasteiger partial charge in [0.2, 0.25) is 0 Å². The molecule has 0 saturated heterocycles. The molecule has 0 aliphatic rings. The Balaban J connectivity index is 2.98. The molecule has 86 valence electrons. The van der Waals surface area contributed by atoms with Gasteiger partial charge in [-0.3, -0.25) is 0 Å². The number of rotatable bonds is 10. The van der Waals surface area contributed by atoms with Crippen molar-refractivity contribution in [3.05, 3.63) is 0 Å². The van der Waals surface area contributed by atoms with Crippen LogP contribution in [0.1, 0.15) is 26.7 Å². The molecule has 4 nitrogen and oxygen atoms in total. The first-order valence-corrected chi connectivity index (χ1v) is 5.33. The third-order valence-corrected chi connectivity index (χ3v) is 1.71. The van der Waals surface area contributed by atoms with Gasteiger partial charge in [0.15, 0.2) is 0 Å². The number of hydrogen-bond donors (Lipinski definition) is 1. The van der Waals surface area contributed by atoms with Crippen molar-refractivity contribution < 1.29 is 14.2 Å². The van der Waals surface area contributed by atoms with Crippen molar-refractivity contribution in [1.82, 2.24) is 0 Å². The largest absolute Gasteiger partial charge is 0.379 e. The van der Waals surface area contributed by atoms with Gasteiger partial charge in [-0.2, -0.15) is 0 Å². The summed E-state index contributed by atoms with van der Waals surface area (Å²) in [5.41, 5.74) is 5.64. The van der Waals surface area contributed by atoms with E-state index in [0.717, 1.165) is 19.4 Å². The maximum Gasteiger partial charge on any atom is 0.105 e. The fraction of sp³-hybridized carbons (Fsp3) is 1.00. The van der Waals surface area contributed by atoms with E-state index in [9.17, 15) is 0 Å². The van der Waals surface area contributed by atoms with Crippen LogP contribution in [-0.2, 0) is 14.2 Å². The van der Waals surface area contributed by atoms with E-state index in [1.54, 1.807) is 0 Å². The lowest BCUT2D eigenvalue weighted by molar-refractivity contribution is -0.0106. The van der Waals surface area contributed by atoms with Crippen LogP contribution in [0.2, 0.25) is 0 Å². The Bertz CT molecular complexity index is 112. The predicted molar refractivity (Wildman–Crippen MR) is 56.1 cm³/mol. The van der Waals surface area contributed by atoms with Crippen LogP contribution < -0.4 is 5.73 Å². The Morgan fingerprint density at radius 3 is 2.29 bits per heavy atom. The highest BCUT2D eigenvalue weighted by Gasteiger charge is 1.99. The van der Waals surface area contributed by atoms with Gasteiger partial charge in [-0.05, 0) is 13.3 Å². The lowest BCUT2D eigenvalue weighted by atomic mass is 10.3.